The van der Waals surface area contributed by atoms with Crippen molar-refractivity contribution in [3.8, 4) is 11.4 Å². The summed E-state index contributed by atoms with van der Waals surface area (Å²) >= 11 is 0. The number of methoxy groups -OCH3 is 4. The van der Waals surface area contributed by atoms with Gasteiger partial charge in [0, 0.05) is 52.0 Å². The number of rotatable bonds is 7. The molecule has 0 radical (unpaired) electrons. The summed E-state index contributed by atoms with van der Waals surface area (Å²) < 4.78 is 21.4. The third kappa shape index (κ3) is 3.31. The molecule has 118 valence electrons. The molecule has 2 aromatic heterocycles. The molecular weight excluding hydrogens is 284 g/mol. The standard InChI is InChI=1S/C16H20N2O4/c1-19-15(20-2)11-7-5-9-17-13(11)14-12(8-6-10-18-14)16(21-3)22-4/h5-10,15-16H,1-4H3. The molecule has 2 rings (SSSR count). The van der Waals surface area contributed by atoms with Crippen molar-refractivity contribution in [1.29, 1.82) is 0 Å². The molecule has 2 aromatic rings. The van der Waals surface area contributed by atoms with Crippen molar-refractivity contribution in [2.75, 3.05) is 28.4 Å². The Morgan fingerprint density at radius 1 is 0.682 bits per heavy atom. The van der Waals surface area contributed by atoms with Crippen molar-refractivity contribution < 1.29 is 18.9 Å². The topological polar surface area (TPSA) is 62.7 Å². The Labute approximate surface area is 130 Å². The lowest BCUT2D eigenvalue weighted by molar-refractivity contribution is -0.107. The molecule has 2 heterocycles. The van der Waals surface area contributed by atoms with E-state index in [0.29, 0.717) is 11.4 Å². The molecule has 0 aliphatic heterocycles. The fourth-order valence-electron chi connectivity index (χ4n) is 2.31. The van der Waals surface area contributed by atoms with Crippen LogP contribution in [-0.4, -0.2) is 38.4 Å². The maximum atomic E-state index is 5.35. The van der Waals surface area contributed by atoms with E-state index in [4.69, 9.17) is 18.9 Å². The molecule has 0 fully saturated rings. The van der Waals surface area contributed by atoms with Gasteiger partial charge in [-0.25, -0.2) is 0 Å². The molecule has 0 aromatic carbocycles. The summed E-state index contributed by atoms with van der Waals surface area (Å²) in [5.41, 5.74) is 2.92. The highest BCUT2D eigenvalue weighted by molar-refractivity contribution is 5.63. The fourth-order valence-corrected chi connectivity index (χ4v) is 2.31. The molecule has 0 atom stereocenters. The van der Waals surface area contributed by atoms with E-state index >= 15 is 0 Å². The van der Waals surface area contributed by atoms with E-state index in [1.54, 1.807) is 40.8 Å². The van der Waals surface area contributed by atoms with Crippen LogP contribution < -0.4 is 0 Å². The van der Waals surface area contributed by atoms with Crippen LogP contribution in [0, 0.1) is 0 Å². The van der Waals surface area contributed by atoms with E-state index in [1.165, 1.54) is 0 Å². The minimum Gasteiger partial charge on any atom is -0.352 e. The number of aromatic nitrogens is 2. The minimum absolute atomic E-state index is 0.526. The Morgan fingerprint density at radius 3 is 1.36 bits per heavy atom. The van der Waals surface area contributed by atoms with Gasteiger partial charge in [0.2, 0.25) is 0 Å². The van der Waals surface area contributed by atoms with Gasteiger partial charge in [0.05, 0.1) is 11.4 Å². The smallest absolute Gasteiger partial charge is 0.185 e. The number of hydrogen-bond acceptors (Lipinski definition) is 6. The normalized spacial score (nSPS) is 11.4. The molecule has 6 heteroatoms. The van der Waals surface area contributed by atoms with E-state index in [9.17, 15) is 0 Å². The highest BCUT2D eigenvalue weighted by atomic mass is 16.7. The molecule has 0 unspecified atom stereocenters. The predicted octanol–water partition coefficient (Wildman–Crippen LogP) is 2.73. The Kier molecular flexibility index (Phi) is 5.97. The molecule has 0 bridgehead atoms. The second-order valence-electron chi connectivity index (χ2n) is 4.49. The zero-order valence-corrected chi connectivity index (χ0v) is 13.1. The minimum atomic E-state index is -0.526. The molecule has 0 aliphatic carbocycles. The van der Waals surface area contributed by atoms with Gasteiger partial charge in [0.25, 0.3) is 0 Å². The first kappa shape index (κ1) is 16.5. The Hall–Kier alpha value is -1.86. The number of nitrogens with zero attached hydrogens (tertiary/aromatic N) is 2. The second kappa shape index (κ2) is 7.95. The molecule has 6 nitrogen and oxygen atoms in total. The van der Waals surface area contributed by atoms with Crippen molar-refractivity contribution in [3.63, 3.8) is 0 Å². The molecular formula is C16H20N2O4. The van der Waals surface area contributed by atoms with Crippen LogP contribution in [0.15, 0.2) is 36.7 Å². The Balaban J connectivity index is 2.58. The van der Waals surface area contributed by atoms with Gasteiger partial charge in [-0.1, -0.05) is 12.1 Å². The number of pyridine rings is 2. The summed E-state index contributed by atoms with van der Waals surface area (Å²) in [5.74, 6) is 0. The Morgan fingerprint density at radius 2 is 1.05 bits per heavy atom. The maximum absolute atomic E-state index is 5.35. The van der Waals surface area contributed by atoms with Gasteiger partial charge in [0.15, 0.2) is 12.6 Å². The van der Waals surface area contributed by atoms with E-state index in [1.807, 2.05) is 24.3 Å². The van der Waals surface area contributed by atoms with Crippen LogP contribution in [0.3, 0.4) is 0 Å². The lowest BCUT2D eigenvalue weighted by Gasteiger charge is -2.20. The Bertz CT molecular complexity index is 545. The molecule has 22 heavy (non-hydrogen) atoms. The number of ether oxygens (including phenoxy) is 4. The van der Waals surface area contributed by atoms with Gasteiger partial charge < -0.3 is 18.9 Å². The average Bonchev–Trinajstić information content (AvgIpc) is 2.58. The zero-order valence-electron chi connectivity index (χ0n) is 13.1. The molecule has 0 saturated carbocycles. The highest BCUT2D eigenvalue weighted by Gasteiger charge is 2.22. The summed E-state index contributed by atoms with van der Waals surface area (Å²) in [6, 6.07) is 7.45. The first-order chi connectivity index (χ1) is 10.8. The summed E-state index contributed by atoms with van der Waals surface area (Å²) in [6.07, 6.45) is 2.35. The average molecular weight is 304 g/mol. The third-order valence-electron chi connectivity index (χ3n) is 3.27. The van der Waals surface area contributed by atoms with Gasteiger partial charge in [-0.05, 0) is 12.1 Å². The van der Waals surface area contributed by atoms with E-state index in [0.717, 1.165) is 11.1 Å². The second-order valence-corrected chi connectivity index (χ2v) is 4.49. The van der Waals surface area contributed by atoms with Crippen molar-refractivity contribution in [2.45, 2.75) is 12.6 Å². The van der Waals surface area contributed by atoms with Crippen molar-refractivity contribution >= 4 is 0 Å². The van der Waals surface area contributed by atoms with Gasteiger partial charge >= 0.3 is 0 Å². The summed E-state index contributed by atoms with van der Waals surface area (Å²) in [7, 11) is 6.32. The summed E-state index contributed by atoms with van der Waals surface area (Å²) in [4.78, 5) is 8.89. The summed E-state index contributed by atoms with van der Waals surface area (Å²) in [5, 5.41) is 0. The van der Waals surface area contributed by atoms with Gasteiger partial charge in [-0.3, -0.25) is 9.97 Å². The molecule has 0 saturated heterocycles. The van der Waals surface area contributed by atoms with Crippen LogP contribution in [0.5, 0.6) is 0 Å². The van der Waals surface area contributed by atoms with Crippen LogP contribution in [0.1, 0.15) is 23.7 Å². The van der Waals surface area contributed by atoms with Gasteiger partial charge in [-0.15, -0.1) is 0 Å². The maximum Gasteiger partial charge on any atom is 0.185 e. The van der Waals surface area contributed by atoms with Crippen molar-refractivity contribution in [3.05, 3.63) is 47.8 Å². The first-order valence-electron chi connectivity index (χ1n) is 6.78. The highest BCUT2D eigenvalue weighted by Crippen LogP contribution is 2.32. The van der Waals surface area contributed by atoms with Crippen LogP contribution in [0.2, 0.25) is 0 Å². The van der Waals surface area contributed by atoms with Gasteiger partial charge in [0.1, 0.15) is 0 Å². The molecule has 0 aliphatic rings. The van der Waals surface area contributed by atoms with Crippen LogP contribution in [0.25, 0.3) is 11.4 Å². The molecule has 0 N–H and O–H groups in total. The molecule has 0 amide bonds. The van der Waals surface area contributed by atoms with E-state index < -0.39 is 12.6 Å². The monoisotopic (exact) mass is 304 g/mol. The third-order valence-corrected chi connectivity index (χ3v) is 3.27. The quantitative estimate of drug-likeness (QED) is 0.733. The van der Waals surface area contributed by atoms with E-state index in [-0.39, 0.29) is 0 Å². The molecule has 0 spiro atoms. The van der Waals surface area contributed by atoms with Crippen LogP contribution in [-0.2, 0) is 18.9 Å². The number of hydrogen-bond donors (Lipinski definition) is 0. The van der Waals surface area contributed by atoms with Crippen molar-refractivity contribution in [2.24, 2.45) is 0 Å². The fraction of sp³-hybridized carbons (Fsp3) is 0.375. The zero-order chi connectivity index (χ0) is 15.9. The van der Waals surface area contributed by atoms with Gasteiger partial charge in [-0.2, -0.15) is 0 Å². The SMILES string of the molecule is COC(OC)c1cccnc1-c1ncccc1C(OC)OC. The van der Waals surface area contributed by atoms with Crippen molar-refractivity contribution in [1.82, 2.24) is 9.97 Å². The largest absolute Gasteiger partial charge is 0.352 e. The lowest BCUT2D eigenvalue weighted by atomic mass is 10.0. The first-order valence-corrected chi connectivity index (χ1v) is 6.78. The van der Waals surface area contributed by atoms with Crippen LogP contribution >= 0.6 is 0 Å². The lowest BCUT2D eigenvalue weighted by Crippen LogP contribution is -2.10. The van der Waals surface area contributed by atoms with E-state index in [2.05, 4.69) is 9.97 Å². The predicted molar refractivity (Wildman–Crippen MR) is 81.0 cm³/mol. The summed E-state index contributed by atoms with van der Waals surface area (Å²) in [6.45, 7) is 0. The van der Waals surface area contributed by atoms with Crippen LogP contribution in [0.4, 0.5) is 0 Å².